The zero-order valence-electron chi connectivity index (χ0n) is 12.4. The van der Waals surface area contributed by atoms with Gasteiger partial charge < -0.3 is 14.8 Å². The molecule has 1 atom stereocenters. The Bertz CT molecular complexity index is 577. The Balaban J connectivity index is 2.02. The van der Waals surface area contributed by atoms with E-state index in [4.69, 9.17) is 0 Å². The van der Waals surface area contributed by atoms with E-state index in [1.54, 1.807) is 0 Å². The largest absolute Gasteiger partial charge is 0.348 e. The van der Waals surface area contributed by atoms with Gasteiger partial charge in [0.1, 0.15) is 0 Å². The van der Waals surface area contributed by atoms with Crippen molar-refractivity contribution in [1.29, 1.82) is 0 Å². The first-order chi connectivity index (χ1) is 9.49. The average molecular weight is 337 g/mol. The summed E-state index contributed by atoms with van der Waals surface area (Å²) in [5.74, 6) is 0.969. The lowest BCUT2D eigenvalue weighted by Gasteiger charge is -2.16. The fourth-order valence-corrected chi connectivity index (χ4v) is 2.58. The maximum Gasteiger partial charge on any atom is 0.204 e. The summed E-state index contributed by atoms with van der Waals surface area (Å²) in [7, 11) is 6.05. The van der Waals surface area contributed by atoms with Crippen molar-refractivity contribution in [2.45, 2.75) is 19.5 Å². The van der Waals surface area contributed by atoms with E-state index in [1.807, 2.05) is 38.3 Å². The van der Waals surface area contributed by atoms with Crippen molar-refractivity contribution in [1.82, 2.24) is 14.9 Å². The molecule has 1 aromatic carbocycles. The molecule has 0 bridgehead atoms. The summed E-state index contributed by atoms with van der Waals surface area (Å²) < 4.78 is 3.22. The van der Waals surface area contributed by atoms with Gasteiger partial charge in [-0.15, -0.1) is 0 Å². The van der Waals surface area contributed by atoms with Crippen LogP contribution in [0, 0.1) is 0 Å². The highest BCUT2D eigenvalue weighted by Crippen LogP contribution is 2.18. The number of nitrogens with zero attached hydrogens (tertiary/aromatic N) is 3. The second kappa shape index (κ2) is 6.41. The number of halogens is 1. The van der Waals surface area contributed by atoms with E-state index in [0.717, 1.165) is 17.0 Å². The van der Waals surface area contributed by atoms with Crippen LogP contribution in [-0.4, -0.2) is 23.6 Å². The predicted octanol–water partition coefficient (Wildman–Crippen LogP) is 3.10. The van der Waals surface area contributed by atoms with Gasteiger partial charge in [-0.1, -0.05) is 28.1 Å². The van der Waals surface area contributed by atoms with Crippen molar-refractivity contribution >= 4 is 21.9 Å². The molecule has 0 amide bonds. The molecule has 1 aromatic heterocycles. The molecule has 0 unspecified atom stereocenters. The Labute approximate surface area is 128 Å². The molecule has 20 heavy (non-hydrogen) atoms. The average Bonchev–Trinajstić information content (AvgIpc) is 2.77. The third kappa shape index (κ3) is 3.41. The molecule has 0 aliphatic heterocycles. The third-order valence-corrected chi connectivity index (χ3v) is 3.89. The van der Waals surface area contributed by atoms with Gasteiger partial charge in [-0.3, -0.25) is 0 Å². The molecule has 0 fully saturated rings. The molecule has 1 N–H and O–H groups in total. The third-order valence-electron chi connectivity index (χ3n) is 3.40. The Morgan fingerprint density at radius 1 is 1.40 bits per heavy atom. The highest BCUT2D eigenvalue weighted by molar-refractivity contribution is 9.10. The van der Waals surface area contributed by atoms with Crippen LogP contribution in [-0.2, 0) is 13.6 Å². The van der Waals surface area contributed by atoms with Gasteiger partial charge in [0.05, 0.1) is 11.9 Å². The van der Waals surface area contributed by atoms with Crippen molar-refractivity contribution < 1.29 is 0 Å². The quantitative estimate of drug-likeness (QED) is 0.910. The molecule has 4 nitrogen and oxygen atoms in total. The van der Waals surface area contributed by atoms with Crippen LogP contribution < -0.4 is 10.2 Å². The van der Waals surface area contributed by atoms with E-state index in [-0.39, 0.29) is 0 Å². The predicted molar refractivity (Wildman–Crippen MR) is 86.9 cm³/mol. The van der Waals surface area contributed by atoms with Crippen LogP contribution in [0.2, 0.25) is 0 Å². The maximum atomic E-state index is 4.42. The fourth-order valence-electron chi connectivity index (χ4n) is 2.17. The summed E-state index contributed by atoms with van der Waals surface area (Å²) in [5.41, 5.74) is 2.45. The lowest BCUT2D eigenvalue weighted by atomic mass is 10.1. The molecule has 0 saturated carbocycles. The number of aromatic nitrogens is 2. The Hall–Kier alpha value is -1.33. The number of imidazole rings is 1. The number of hydrogen-bond acceptors (Lipinski definition) is 3. The van der Waals surface area contributed by atoms with Crippen molar-refractivity contribution in [3.63, 3.8) is 0 Å². The zero-order valence-corrected chi connectivity index (χ0v) is 14.0. The van der Waals surface area contributed by atoms with Crippen LogP contribution in [0.4, 0.5) is 5.95 Å². The highest BCUT2D eigenvalue weighted by atomic mass is 79.9. The lowest BCUT2D eigenvalue weighted by molar-refractivity contribution is 0.557. The normalized spacial score (nSPS) is 12.4. The minimum atomic E-state index is 0.296. The SMILES string of the molecule is C[C@H](NCc1cnc(N(C)C)n1C)c1cccc(Br)c1. The first kappa shape index (κ1) is 15.1. The standard InChI is InChI=1S/C15H21BrN4/c1-11(12-6-5-7-13(16)8-12)17-9-14-10-18-15(19(2)3)20(14)4/h5-8,10-11,17H,9H2,1-4H3/t11-/m0/s1. The molecule has 108 valence electrons. The first-order valence-corrected chi connectivity index (χ1v) is 7.45. The number of anilines is 1. The molecule has 0 saturated heterocycles. The lowest BCUT2D eigenvalue weighted by Crippen LogP contribution is -2.20. The monoisotopic (exact) mass is 336 g/mol. The smallest absolute Gasteiger partial charge is 0.204 e. The Kier molecular flexibility index (Phi) is 4.83. The Morgan fingerprint density at radius 2 is 2.15 bits per heavy atom. The van der Waals surface area contributed by atoms with Crippen molar-refractivity contribution in [2.75, 3.05) is 19.0 Å². The van der Waals surface area contributed by atoms with Gasteiger partial charge in [-0.05, 0) is 24.6 Å². The van der Waals surface area contributed by atoms with Gasteiger partial charge in [-0.2, -0.15) is 0 Å². The van der Waals surface area contributed by atoms with E-state index in [0.29, 0.717) is 6.04 Å². The number of benzene rings is 1. The number of hydrogen-bond donors (Lipinski definition) is 1. The van der Waals surface area contributed by atoms with Crippen LogP contribution in [0.15, 0.2) is 34.9 Å². The van der Waals surface area contributed by atoms with E-state index < -0.39 is 0 Å². The van der Waals surface area contributed by atoms with Crippen LogP contribution in [0.1, 0.15) is 24.2 Å². The second-order valence-electron chi connectivity index (χ2n) is 5.16. The minimum absolute atomic E-state index is 0.296. The van der Waals surface area contributed by atoms with Gasteiger partial charge >= 0.3 is 0 Å². The van der Waals surface area contributed by atoms with Gasteiger partial charge in [0.25, 0.3) is 0 Å². The summed E-state index contributed by atoms with van der Waals surface area (Å²) in [6.45, 7) is 2.97. The molecule has 2 aromatic rings. The maximum absolute atomic E-state index is 4.42. The summed E-state index contributed by atoms with van der Waals surface area (Å²) >= 11 is 3.51. The second-order valence-corrected chi connectivity index (χ2v) is 6.08. The molecule has 2 rings (SSSR count). The van der Waals surface area contributed by atoms with Gasteiger partial charge in [0, 0.05) is 38.2 Å². The molecule has 1 heterocycles. The summed E-state index contributed by atoms with van der Waals surface area (Å²) in [4.78, 5) is 6.44. The Morgan fingerprint density at radius 3 is 2.75 bits per heavy atom. The zero-order chi connectivity index (χ0) is 14.7. The van der Waals surface area contributed by atoms with Gasteiger partial charge in [0.15, 0.2) is 0 Å². The van der Waals surface area contributed by atoms with E-state index >= 15 is 0 Å². The topological polar surface area (TPSA) is 33.1 Å². The highest BCUT2D eigenvalue weighted by Gasteiger charge is 2.10. The number of nitrogens with one attached hydrogen (secondary N) is 1. The summed E-state index contributed by atoms with van der Waals surface area (Å²) in [5, 5.41) is 3.54. The first-order valence-electron chi connectivity index (χ1n) is 6.66. The number of rotatable bonds is 5. The van der Waals surface area contributed by atoms with Crippen LogP contribution in [0.25, 0.3) is 0 Å². The molecule has 0 radical (unpaired) electrons. The molecule has 0 spiro atoms. The van der Waals surface area contributed by atoms with Gasteiger partial charge in [0.2, 0.25) is 5.95 Å². The fraction of sp³-hybridized carbons (Fsp3) is 0.400. The summed E-state index contributed by atoms with van der Waals surface area (Å²) in [6.07, 6.45) is 1.93. The van der Waals surface area contributed by atoms with Crippen LogP contribution in [0.5, 0.6) is 0 Å². The van der Waals surface area contributed by atoms with E-state index in [1.165, 1.54) is 11.3 Å². The van der Waals surface area contributed by atoms with Gasteiger partial charge in [-0.25, -0.2) is 4.98 Å². The van der Waals surface area contributed by atoms with Crippen molar-refractivity contribution in [3.8, 4) is 0 Å². The van der Waals surface area contributed by atoms with Crippen LogP contribution in [0.3, 0.4) is 0 Å². The molecule has 5 heteroatoms. The molecular formula is C15H21BrN4. The van der Waals surface area contributed by atoms with Crippen molar-refractivity contribution in [2.24, 2.45) is 7.05 Å². The van der Waals surface area contributed by atoms with E-state index in [2.05, 4.69) is 55.9 Å². The minimum Gasteiger partial charge on any atom is -0.348 e. The summed E-state index contributed by atoms with van der Waals surface area (Å²) in [6, 6.07) is 8.68. The molecule has 0 aliphatic rings. The van der Waals surface area contributed by atoms with Crippen LogP contribution >= 0.6 is 15.9 Å². The molecular weight excluding hydrogens is 316 g/mol. The van der Waals surface area contributed by atoms with Crippen molar-refractivity contribution in [3.05, 3.63) is 46.2 Å². The van der Waals surface area contributed by atoms with E-state index in [9.17, 15) is 0 Å². The molecule has 0 aliphatic carbocycles.